The van der Waals surface area contributed by atoms with Gasteiger partial charge in [0.2, 0.25) is 0 Å². The first-order chi connectivity index (χ1) is 7.74. The predicted molar refractivity (Wildman–Crippen MR) is 64.8 cm³/mol. The molecule has 0 N–H and O–H groups in total. The monoisotopic (exact) mass is 255 g/mol. The van der Waals surface area contributed by atoms with Gasteiger partial charge in [0, 0.05) is 18.7 Å². The van der Waals surface area contributed by atoms with Crippen LogP contribution in [0.1, 0.15) is 5.69 Å². The summed E-state index contributed by atoms with van der Waals surface area (Å²) in [5.41, 5.74) is 1.46. The molecule has 0 unspecified atom stereocenters. The topological polar surface area (TPSA) is 47.9 Å². The van der Waals surface area contributed by atoms with Crippen LogP contribution in [-0.2, 0) is 11.3 Å². The Kier molecular flexibility index (Phi) is 3.58. The van der Waals surface area contributed by atoms with Gasteiger partial charge in [-0.25, -0.2) is 15.0 Å². The van der Waals surface area contributed by atoms with E-state index < -0.39 is 0 Å². The van der Waals surface area contributed by atoms with E-state index in [9.17, 15) is 0 Å². The van der Waals surface area contributed by atoms with E-state index in [1.165, 1.54) is 11.8 Å². The maximum Gasteiger partial charge on any atom is 0.187 e. The molecule has 0 atom stereocenters. The zero-order chi connectivity index (χ0) is 11.5. The number of fused-ring (bicyclic) bond motifs is 1. The molecule has 2 rings (SSSR count). The van der Waals surface area contributed by atoms with Crippen molar-refractivity contribution in [2.75, 3.05) is 13.4 Å². The van der Waals surface area contributed by atoms with Crippen LogP contribution in [0.25, 0.3) is 10.9 Å². The van der Waals surface area contributed by atoms with E-state index >= 15 is 0 Å². The van der Waals surface area contributed by atoms with E-state index in [-0.39, 0.29) is 0 Å². The van der Waals surface area contributed by atoms with E-state index in [1.54, 1.807) is 13.3 Å². The number of hydrogen-bond donors (Lipinski definition) is 0. The van der Waals surface area contributed by atoms with Crippen molar-refractivity contribution in [2.45, 2.75) is 11.8 Å². The third-order valence-corrected chi connectivity index (χ3v) is 2.85. The zero-order valence-electron chi connectivity index (χ0n) is 8.90. The maximum absolute atomic E-state index is 6.06. The molecule has 16 heavy (non-hydrogen) atoms. The van der Waals surface area contributed by atoms with Gasteiger partial charge in [0.05, 0.1) is 12.3 Å². The summed E-state index contributed by atoms with van der Waals surface area (Å²) in [6, 6.07) is 1.88. The Labute approximate surface area is 102 Å². The quantitative estimate of drug-likeness (QED) is 0.479. The van der Waals surface area contributed by atoms with E-state index in [2.05, 4.69) is 15.0 Å². The number of aromatic nitrogens is 3. The Morgan fingerprint density at radius 1 is 1.44 bits per heavy atom. The number of ether oxygens (including phenoxy) is 1. The molecule has 0 aliphatic rings. The van der Waals surface area contributed by atoms with Crippen molar-refractivity contribution in [3.8, 4) is 0 Å². The van der Waals surface area contributed by atoms with Gasteiger partial charge >= 0.3 is 0 Å². The molecular weight excluding hydrogens is 246 g/mol. The highest BCUT2D eigenvalue weighted by Crippen LogP contribution is 2.22. The number of halogens is 1. The number of hydrogen-bond acceptors (Lipinski definition) is 5. The Bertz CT molecular complexity index is 521. The maximum atomic E-state index is 6.06. The molecule has 2 aromatic rings. The van der Waals surface area contributed by atoms with Crippen molar-refractivity contribution in [3.63, 3.8) is 0 Å². The van der Waals surface area contributed by atoms with Crippen LogP contribution in [-0.4, -0.2) is 28.3 Å². The van der Waals surface area contributed by atoms with E-state index in [4.69, 9.17) is 16.3 Å². The smallest absolute Gasteiger partial charge is 0.187 e. The molecule has 4 nitrogen and oxygen atoms in total. The second-order valence-electron chi connectivity index (χ2n) is 3.13. The summed E-state index contributed by atoms with van der Waals surface area (Å²) in [4.78, 5) is 12.7. The van der Waals surface area contributed by atoms with Crippen molar-refractivity contribution in [1.82, 2.24) is 15.0 Å². The summed E-state index contributed by atoms with van der Waals surface area (Å²) in [5, 5.41) is 1.96. The Hall–Kier alpha value is -0.910. The Morgan fingerprint density at radius 3 is 2.94 bits per heavy atom. The first kappa shape index (κ1) is 11.6. The van der Waals surface area contributed by atoms with Gasteiger partial charge in [-0.1, -0.05) is 23.4 Å². The summed E-state index contributed by atoms with van der Waals surface area (Å²) in [7, 11) is 1.62. The third-order valence-electron chi connectivity index (χ3n) is 2.03. The van der Waals surface area contributed by atoms with Crippen molar-refractivity contribution >= 4 is 34.3 Å². The summed E-state index contributed by atoms with van der Waals surface area (Å²) in [6.45, 7) is 0.430. The third kappa shape index (κ3) is 2.26. The van der Waals surface area contributed by atoms with Gasteiger partial charge in [-0.15, -0.1) is 0 Å². The van der Waals surface area contributed by atoms with Gasteiger partial charge in [0.15, 0.2) is 10.3 Å². The fraction of sp³-hybridized carbons (Fsp3) is 0.300. The highest BCUT2D eigenvalue weighted by molar-refractivity contribution is 7.98. The van der Waals surface area contributed by atoms with Crippen molar-refractivity contribution in [2.24, 2.45) is 0 Å². The largest absolute Gasteiger partial charge is 0.378 e. The van der Waals surface area contributed by atoms with Crippen molar-refractivity contribution in [1.29, 1.82) is 0 Å². The lowest BCUT2D eigenvalue weighted by Gasteiger charge is -2.04. The predicted octanol–water partition coefficient (Wildman–Crippen LogP) is 2.55. The number of rotatable bonds is 3. The van der Waals surface area contributed by atoms with E-state index in [0.717, 1.165) is 11.1 Å². The van der Waals surface area contributed by atoms with Gasteiger partial charge in [0.1, 0.15) is 5.52 Å². The van der Waals surface area contributed by atoms with E-state index in [1.807, 2.05) is 12.3 Å². The lowest BCUT2D eigenvalue weighted by atomic mass is 10.2. The standard InChI is InChI=1S/C10H10ClN3OS/c1-15-5-7-3-6-4-12-10(16-2)14-8(6)9(11)13-7/h3-4H,5H2,1-2H3. The second-order valence-corrected chi connectivity index (χ2v) is 4.26. The summed E-state index contributed by atoms with van der Waals surface area (Å²) >= 11 is 7.53. The normalized spacial score (nSPS) is 10.9. The molecule has 0 aliphatic carbocycles. The molecule has 0 saturated heterocycles. The lowest BCUT2D eigenvalue weighted by molar-refractivity contribution is 0.181. The highest BCUT2D eigenvalue weighted by atomic mass is 35.5. The summed E-state index contributed by atoms with van der Waals surface area (Å²) < 4.78 is 5.01. The van der Waals surface area contributed by atoms with Crippen LogP contribution < -0.4 is 0 Å². The Balaban J connectivity index is 2.57. The lowest BCUT2D eigenvalue weighted by Crippen LogP contribution is -1.96. The molecule has 6 heteroatoms. The van der Waals surface area contributed by atoms with Crippen LogP contribution in [0.5, 0.6) is 0 Å². The molecule has 0 aliphatic heterocycles. The minimum Gasteiger partial charge on any atom is -0.378 e. The van der Waals surface area contributed by atoms with Gasteiger partial charge in [-0.3, -0.25) is 0 Å². The number of nitrogens with zero attached hydrogens (tertiary/aromatic N) is 3. The summed E-state index contributed by atoms with van der Waals surface area (Å²) in [6.07, 6.45) is 3.67. The SMILES string of the molecule is COCc1cc2cnc(SC)nc2c(Cl)n1. The van der Waals surface area contributed by atoms with Crippen LogP contribution in [0.2, 0.25) is 5.15 Å². The molecule has 84 valence electrons. The zero-order valence-corrected chi connectivity index (χ0v) is 10.5. The van der Waals surface area contributed by atoms with Crippen LogP contribution in [0.4, 0.5) is 0 Å². The first-order valence-corrected chi connectivity index (χ1v) is 6.20. The van der Waals surface area contributed by atoms with Crippen LogP contribution in [0, 0.1) is 0 Å². The molecule has 2 aromatic heterocycles. The minimum atomic E-state index is 0.391. The number of methoxy groups -OCH3 is 1. The van der Waals surface area contributed by atoms with Gasteiger partial charge in [-0.05, 0) is 12.3 Å². The second kappa shape index (κ2) is 4.95. The van der Waals surface area contributed by atoms with Crippen LogP contribution >= 0.6 is 23.4 Å². The molecule has 0 bridgehead atoms. The molecule has 0 amide bonds. The summed E-state index contributed by atoms with van der Waals surface area (Å²) in [5.74, 6) is 0. The number of pyridine rings is 1. The van der Waals surface area contributed by atoms with Gasteiger partial charge < -0.3 is 4.74 Å². The fourth-order valence-corrected chi connectivity index (χ4v) is 1.96. The average Bonchev–Trinajstić information content (AvgIpc) is 2.29. The minimum absolute atomic E-state index is 0.391. The van der Waals surface area contributed by atoms with Crippen molar-refractivity contribution in [3.05, 3.63) is 23.1 Å². The first-order valence-electron chi connectivity index (χ1n) is 4.59. The van der Waals surface area contributed by atoms with E-state index in [0.29, 0.717) is 22.4 Å². The van der Waals surface area contributed by atoms with Crippen molar-refractivity contribution < 1.29 is 4.74 Å². The van der Waals surface area contributed by atoms with Gasteiger partial charge in [-0.2, -0.15) is 0 Å². The van der Waals surface area contributed by atoms with Crippen LogP contribution in [0.3, 0.4) is 0 Å². The molecule has 0 fully saturated rings. The number of thioether (sulfide) groups is 1. The highest BCUT2D eigenvalue weighted by Gasteiger charge is 2.07. The average molecular weight is 256 g/mol. The fourth-order valence-electron chi connectivity index (χ4n) is 1.36. The molecule has 2 heterocycles. The molecule has 0 radical (unpaired) electrons. The molecule has 0 spiro atoms. The molecule has 0 aromatic carbocycles. The Morgan fingerprint density at radius 2 is 2.25 bits per heavy atom. The molecular formula is C10H10ClN3OS. The van der Waals surface area contributed by atoms with Crippen LogP contribution in [0.15, 0.2) is 17.4 Å². The van der Waals surface area contributed by atoms with Gasteiger partial charge in [0.25, 0.3) is 0 Å². The molecule has 0 saturated carbocycles.